The maximum atomic E-state index is 6.78. The highest BCUT2D eigenvalue weighted by molar-refractivity contribution is 6.31. The summed E-state index contributed by atoms with van der Waals surface area (Å²) in [5, 5.41) is 13.6. The zero-order valence-electron chi connectivity index (χ0n) is 23.6. The second kappa shape index (κ2) is 11.2. The second-order valence-corrected chi connectivity index (χ2v) is 12.0. The van der Waals surface area contributed by atoms with Crippen molar-refractivity contribution in [1.82, 2.24) is 29.4 Å². The molecule has 2 fully saturated rings. The van der Waals surface area contributed by atoms with Gasteiger partial charge in [-0.25, -0.2) is 4.68 Å². The number of nitrogens with zero attached hydrogens (tertiary/aromatic N) is 8. The Labute approximate surface area is 240 Å². The smallest absolute Gasteiger partial charge is 0.230 e. The minimum Gasteiger partial charge on any atom is -0.369 e. The maximum Gasteiger partial charge on any atom is 0.230 e. The van der Waals surface area contributed by atoms with E-state index in [1.165, 1.54) is 12.8 Å². The molecule has 40 heavy (non-hydrogen) atoms. The average molecular weight is 563 g/mol. The van der Waals surface area contributed by atoms with Crippen molar-refractivity contribution in [2.45, 2.75) is 65.0 Å². The van der Waals surface area contributed by atoms with Gasteiger partial charge in [-0.2, -0.15) is 24.7 Å². The van der Waals surface area contributed by atoms with Crippen molar-refractivity contribution in [3.63, 3.8) is 0 Å². The Balaban J connectivity index is 1.30. The monoisotopic (exact) mass is 562 g/mol. The van der Waals surface area contributed by atoms with Gasteiger partial charge in [0.15, 0.2) is 5.65 Å². The molecule has 11 heteroatoms. The number of piperidine rings is 2. The predicted octanol–water partition coefficient (Wildman–Crippen LogP) is 4.86. The molecule has 0 spiro atoms. The molecule has 0 bridgehead atoms. The molecule has 2 saturated heterocycles. The third kappa shape index (κ3) is 5.34. The van der Waals surface area contributed by atoms with Gasteiger partial charge in [0.05, 0.1) is 30.0 Å². The first-order valence-electron chi connectivity index (χ1n) is 14.4. The van der Waals surface area contributed by atoms with Gasteiger partial charge in [-0.15, -0.1) is 0 Å². The van der Waals surface area contributed by atoms with Crippen LogP contribution in [0.15, 0.2) is 36.8 Å². The number of nitrogens with one attached hydrogen (secondary N) is 1. The summed E-state index contributed by atoms with van der Waals surface area (Å²) < 4.78 is 3.73. The van der Waals surface area contributed by atoms with Crippen LogP contribution in [0.2, 0.25) is 5.02 Å². The molecular formula is C29H39ClN10. The molecule has 5 heterocycles. The van der Waals surface area contributed by atoms with E-state index >= 15 is 0 Å². The Kier molecular flexibility index (Phi) is 7.55. The van der Waals surface area contributed by atoms with Gasteiger partial charge in [-0.1, -0.05) is 38.4 Å². The van der Waals surface area contributed by atoms with E-state index < -0.39 is 0 Å². The Morgan fingerprint density at radius 2 is 1.75 bits per heavy atom. The highest BCUT2D eigenvalue weighted by Gasteiger charge is 2.23. The molecule has 3 aromatic heterocycles. The van der Waals surface area contributed by atoms with Crippen LogP contribution in [0.1, 0.15) is 63.5 Å². The van der Waals surface area contributed by atoms with E-state index in [9.17, 15) is 0 Å². The maximum absolute atomic E-state index is 6.78. The molecule has 2 aliphatic rings. The normalized spacial score (nSPS) is 17.4. The number of halogens is 1. The molecule has 6 rings (SSSR count). The lowest BCUT2D eigenvalue weighted by Gasteiger charge is -2.30. The van der Waals surface area contributed by atoms with E-state index in [-0.39, 0.29) is 12.0 Å². The highest BCUT2D eigenvalue weighted by atomic mass is 35.5. The van der Waals surface area contributed by atoms with Gasteiger partial charge < -0.3 is 20.9 Å². The Bertz CT molecular complexity index is 1460. The Morgan fingerprint density at radius 3 is 2.50 bits per heavy atom. The zero-order chi connectivity index (χ0) is 27.8. The minimum absolute atomic E-state index is 0.235. The van der Waals surface area contributed by atoms with Crippen LogP contribution in [0, 0.1) is 5.92 Å². The average Bonchev–Trinajstić information content (AvgIpc) is 3.61. The molecule has 2 aliphatic heterocycles. The first kappa shape index (κ1) is 26.8. The molecule has 0 saturated carbocycles. The van der Waals surface area contributed by atoms with Gasteiger partial charge in [0.25, 0.3) is 0 Å². The number of fused-ring (bicyclic) bond motifs is 1. The predicted molar refractivity (Wildman–Crippen MR) is 161 cm³/mol. The number of hydrogen-bond donors (Lipinski definition) is 2. The number of rotatable bonds is 7. The van der Waals surface area contributed by atoms with Crippen LogP contribution in [-0.4, -0.2) is 61.6 Å². The molecule has 1 aromatic carbocycles. The van der Waals surface area contributed by atoms with Gasteiger partial charge in [0.2, 0.25) is 11.9 Å². The number of nitrogens with two attached hydrogens (primary N) is 1. The second-order valence-electron chi connectivity index (χ2n) is 11.6. The lowest BCUT2D eigenvalue weighted by molar-refractivity contribution is 0.438. The van der Waals surface area contributed by atoms with Crippen molar-refractivity contribution < 1.29 is 0 Å². The van der Waals surface area contributed by atoms with Crippen LogP contribution in [0.5, 0.6) is 0 Å². The fourth-order valence-corrected chi connectivity index (χ4v) is 5.86. The molecule has 0 atom stereocenters. The Morgan fingerprint density at radius 1 is 1.00 bits per heavy atom. The van der Waals surface area contributed by atoms with Crippen LogP contribution in [0.4, 0.5) is 17.6 Å². The van der Waals surface area contributed by atoms with E-state index in [1.807, 2.05) is 29.2 Å². The molecule has 10 nitrogen and oxygen atoms in total. The lowest BCUT2D eigenvalue weighted by Crippen LogP contribution is -2.40. The van der Waals surface area contributed by atoms with Crippen LogP contribution in [0.3, 0.4) is 0 Å². The van der Waals surface area contributed by atoms with Crippen molar-refractivity contribution in [1.29, 1.82) is 0 Å². The van der Waals surface area contributed by atoms with Crippen LogP contribution in [0.25, 0.3) is 11.3 Å². The largest absolute Gasteiger partial charge is 0.369 e. The van der Waals surface area contributed by atoms with E-state index in [4.69, 9.17) is 32.4 Å². The van der Waals surface area contributed by atoms with Gasteiger partial charge in [0.1, 0.15) is 0 Å². The first-order valence-corrected chi connectivity index (χ1v) is 14.8. The van der Waals surface area contributed by atoms with E-state index in [2.05, 4.69) is 53.2 Å². The number of benzene rings is 1. The lowest BCUT2D eigenvalue weighted by atomic mass is 9.99. The van der Waals surface area contributed by atoms with E-state index in [1.54, 1.807) is 4.52 Å². The van der Waals surface area contributed by atoms with Crippen molar-refractivity contribution in [3.8, 4) is 5.69 Å². The molecule has 0 aliphatic carbocycles. The molecule has 0 radical (unpaired) electrons. The van der Waals surface area contributed by atoms with Gasteiger partial charge in [0, 0.05) is 54.9 Å². The molecule has 0 amide bonds. The fraction of sp³-hybridized carbons (Fsp3) is 0.517. The minimum atomic E-state index is 0.235. The van der Waals surface area contributed by atoms with Gasteiger partial charge in [-0.05, 0) is 49.7 Å². The van der Waals surface area contributed by atoms with Crippen LogP contribution >= 0.6 is 11.6 Å². The molecule has 0 unspecified atom stereocenters. The molecular weight excluding hydrogens is 524 g/mol. The summed E-state index contributed by atoms with van der Waals surface area (Å²) in [6.07, 6.45) is 10.2. The number of aromatic nitrogens is 6. The summed E-state index contributed by atoms with van der Waals surface area (Å²) in [7, 11) is 0. The standard InChI is InChI=1S/C29H39ClN10/c1-19(2)23-17-34-40-27(23)35-29(38-13-9-21(31)10-14-38)36-28(40)32-16-24-25(30)5-4-6-26(24)39-18-22(15-33-39)37-11-7-20(3)8-12-37/h4-6,15,17-21H,7-14,16,31H2,1-3H3,(H,32,35,36). The van der Waals surface area contributed by atoms with E-state index in [0.29, 0.717) is 23.5 Å². The molecule has 3 N–H and O–H groups in total. The first-order chi connectivity index (χ1) is 19.4. The van der Waals surface area contributed by atoms with Gasteiger partial charge in [-0.3, -0.25) is 0 Å². The molecule has 4 aromatic rings. The summed E-state index contributed by atoms with van der Waals surface area (Å²) >= 11 is 6.78. The van der Waals surface area contributed by atoms with E-state index in [0.717, 1.165) is 73.1 Å². The topological polar surface area (TPSA) is 105 Å². The van der Waals surface area contributed by atoms with Crippen molar-refractivity contribution >= 4 is 34.8 Å². The van der Waals surface area contributed by atoms with Crippen molar-refractivity contribution in [2.75, 3.05) is 41.3 Å². The van der Waals surface area contributed by atoms with Crippen LogP contribution in [-0.2, 0) is 6.54 Å². The number of anilines is 3. The van der Waals surface area contributed by atoms with Crippen LogP contribution < -0.4 is 20.9 Å². The van der Waals surface area contributed by atoms with Gasteiger partial charge >= 0.3 is 0 Å². The fourth-order valence-electron chi connectivity index (χ4n) is 5.63. The number of hydrogen-bond acceptors (Lipinski definition) is 8. The highest BCUT2D eigenvalue weighted by Crippen LogP contribution is 2.29. The van der Waals surface area contributed by atoms with Crippen molar-refractivity contribution in [2.24, 2.45) is 11.7 Å². The summed E-state index contributed by atoms with van der Waals surface area (Å²) in [4.78, 5) is 14.5. The third-order valence-electron chi connectivity index (χ3n) is 8.31. The quantitative estimate of drug-likeness (QED) is 0.329. The zero-order valence-corrected chi connectivity index (χ0v) is 24.3. The summed E-state index contributed by atoms with van der Waals surface area (Å²) in [6, 6.07) is 6.18. The SMILES string of the molecule is CC1CCN(c2cnn(-c3cccc(Cl)c3CNc3nc(N4CCC(N)CC4)nc4c(C(C)C)cnn34)c2)CC1. The van der Waals surface area contributed by atoms with Crippen molar-refractivity contribution in [3.05, 3.63) is 52.9 Å². The summed E-state index contributed by atoms with van der Waals surface area (Å²) in [5.74, 6) is 2.41. The summed E-state index contributed by atoms with van der Waals surface area (Å²) in [5.41, 5.74) is 11.1. The molecule has 212 valence electrons. The third-order valence-corrected chi connectivity index (χ3v) is 8.66. The summed E-state index contributed by atoms with van der Waals surface area (Å²) in [6.45, 7) is 10.9. The Hall–Kier alpha value is -3.37.